The molecule has 9 heteroatoms. The van der Waals surface area contributed by atoms with Crippen molar-refractivity contribution in [1.82, 2.24) is 0 Å². The monoisotopic (exact) mass is 462 g/mol. The van der Waals surface area contributed by atoms with Gasteiger partial charge in [-0.05, 0) is 30.0 Å². The van der Waals surface area contributed by atoms with Gasteiger partial charge in [0.25, 0.3) is 0 Å². The van der Waals surface area contributed by atoms with E-state index in [0.717, 1.165) is 22.9 Å². The van der Waals surface area contributed by atoms with Crippen molar-refractivity contribution in [3.05, 3.63) is 47.5 Å². The van der Waals surface area contributed by atoms with Gasteiger partial charge in [0.05, 0.1) is 28.4 Å². The van der Waals surface area contributed by atoms with Gasteiger partial charge in [0.2, 0.25) is 0 Å². The Balaban J connectivity index is 2.10. The predicted octanol–water partition coefficient (Wildman–Crippen LogP) is 4.36. The van der Waals surface area contributed by atoms with E-state index in [2.05, 4.69) is 0 Å². The van der Waals surface area contributed by atoms with E-state index in [9.17, 15) is 9.59 Å². The third kappa shape index (κ3) is 5.04. The van der Waals surface area contributed by atoms with Crippen LogP contribution in [0.2, 0.25) is 0 Å². The van der Waals surface area contributed by atoms with E-state index in [0.29, 0.717) is 28.8 Å². The fourth-order valence-electron chi connectivity index (χ4n) is 3.67. The number of fused-ring (bicyclic) bond motifs is 1. The van der Waals surface area contributed by atoms with Crippen molar-refractivity contribution in [3.63, 3.8) is 0 Å². The van der Waals surface area contributed by atoms with Crippen LogP contribution in [0.15, 0.2) is 36.4 Å². The van der Waals surface area contributed by atoms with Crippen molar-refractivity contribution < 1.29 is 38.0 Å². The van der Waals surface area contributed by atoms with E-state index in [1.165, 1.54) is 14.0 Å². The molecule has 0 fully saturated rings. The standard InChI is InChI=1S/C23H26O8S/c1-13(24)30-22-17(12-32-23(25)29-5)16-8-7-15(26-2)11-19(16)31-21(22)14-6-9-18(27-3)20(10-14)28-4/h6-11,17,21-22H,12H2,1-5H3/t17-,21+,22-/m0/s1. The first kappa shape index (κ1) is 23.6. The number of methoxy groups -OCH3 is 4. The SMILES string of the molecule is COC(=O)SC[C@H]1c2ccc(OC)cc2O[C@H](c2ccc(OC)c(OC)c2)[C@H]1OC(C)=O. The molecule has 0 spiro atoms. The van der Waals surface area contributed by atoms with Crippen LogP contribution in [0.1, 0.15) is 30.1 Å². The van der Waals surface area contributed by atoms with Gasteiger partial charge in [0.15, 0.2) is 23.7 Å². The minimum Gasteiger partial charge on any atom is -0.497 e. The van der Waals surface area contributed by atoms with Crippen LogP contribution < -0.4 is 18.9 Å². The molecular weight excluding hydrogens is 436 g/mol. The first-order valence-corrected chi connectivity index (χ1v) is 10.8. The Morgan fingerprint density at radius 1 is 0.969 bits per heavy atom. The fourth-order valence-corrected chi connectivity index (χ4v) is 4.47. The Bertz CT molecular complexity index is 976. The first-order valence-electron chi connectivity index (χ1n) is 9.86. The Morgan fingerprint density at radius 3 is 2.34 bits per heavy atom. The molecule has 0 aromatic heterocycles. The van der Waals surface area contributed by atoms with Gasteiger partial charge in [-0.1, -0.05) is 12.1 Å². The third-order valence-electron chi connectivity index (χ3n) is 5.15. The van der Waals surface area contributed by atoms with Crippen molar-refractivity contribution in [2.75, 3.05) is 34.2 Å². The van der Waals surface area contributed by atoms with Gasteiger partial charge >= 0.3 is 11.3 Å². The molecule has 0 bridgehead atoms. The topological polar surface area (TPSA) is 89.5 Å². The van der Waals surface area contributed by atoms with E-state index >= 15 is 0 Å². The summed E-state index contributed by atoms with van der Waals surface area (Å²) in [5.74, 6) is 1.84. The van der Waals surface area contributed by atoms with Crippen LogP contribution >= 0.6 is 11.8 Å². The van der Waals surface area contributed by atoms with Crippen molar-refractivity contribution in [2.45, 2.75) is 25.0 Å². The molecule has 32 heavy (non-hydrogen) atoms. The van der Waals surface area contributed by atoms with Crippen LogP contribution in [0.25, 0.3) is 0 Å². The summed E-state index contributed by atoms with van der Waals surface area (Å²) in [6.07, 6.45) is -1.34. The van der Waals surface area contributed by atoms with Crippen molar-refractivity contribution >= 4 is 23.0 Å². The molecule has 1 aliphatic rings. The molecule has 2 aromatic carbocycles. The molecular formula is C23H26O8S. The number of benzene rings is 2. The number of hydrogen-bond acceptors (Lipinski definition) is 9. The maximum Gasteiger partial charge on any atom is 0.367 e. The van der Waals surface area contributed by atoms with Crippen LogP contribution in [0.4, 0.5) is 4.79 Å². The molecule has 0 unspecified atom stereocenters. The zero-order valence-electron chi connectivity index (χ0n) is 18.6. The van der Waals surface area contributed by atoms with Gasteiger partial charge in [-0.15, -0.1) is 0 Å². The summed E-state index contributed by atoms with van der Waals surface area (Å²) in [5, 5.41) is -0.421. The quantitative estimate of drug-likeness (QED) is 0.557. The highest BCUT2D eigenvalue weighted by Gasteiger charge is 2.42. The van der Waals surface area contributed by atoms with Gasteiger partial charge in [-0.2, -0.15) is 0 Å². The lowest BCUT2D eigenvalue weighted by Crippen LogP contribution is -2.39. The van der Waals surface area contributed by atoms with Crippen molar-refractivity contribution in [3.8, 4) is 23.0 Å². The lowest BCUT2D eigenvalue weighted by molar-refractivity contribution is -0.154. The van der Waals surface area contributed by atoms with Crippen LogP contribution in [0.5, 0.6) is 23.0 Å². The highest BCUT2D eigenvalue weighted by atomic mass is 32.2. The summed E-state index contributed by atoms with van der Waals surface area (Å²) < 4.78 is 33.0. The molecule has 3 atom stereocenters. The average molecular weight is 463 g/mol. The van der Waals surface area contributed by atoms with E-state index in [1.54, 1.807) is 45.6 Å². The Labute approximate surface area is 191 Å². The van der Waals surface area contributed by atoms with E-state index in [1.807, 2.05) is 12.1 Å². The molecule has 0 amide bonds. The normalized spacial score (nSPS) is 19.2. The van der Waals surface area contributed by atoms with Gasteiger partial charge in [-0.3, -0.25) is 4.79 Å². The second kappa shape index (κ2) is 10.5. The second-order valence-electron chi connectivity index (χ2n) is 7.00. The molecule has 1 aliphatic heterocycles. The summed E-state index contributed by atoms with van der Waals surface area (Å²) in [6.45, 7) is 1.35. The summed E-state index contributed by atoms with van der Waals surface area (Å²) >= 11 is 1.01. The summed E-state index contributed by atoms with van der Waals surface area (Å²) in [4.78, 5) is 23.9. The highest BCUT2D eigenvalue weighted by Crippen LogP contribution is 2.47. The Morgan fingerprint density at radius 2 is 1.72 bits per heavy atom. The smallest absolute Gasteiger partial charge is 0.367 e. The molecule has 0 N–H and O–H groups in total. The van der Waals surface area contributed by atoms with E-state index in [4.69, 9.17) is 28.4 Å². The van der Waals surface area contributed by atoms with Crippen LogP contribution in [-0.4, -0.2) is 51.6 Å². The highest BCUT2D eigenvalue weighted by molar-refractivity contribution is 8.13. The average Bonchev–Trinajstić information content (AvgIpc) is 2.81. The fraction of sp³-hybridized carbons (Fsp3) is 0.391. The second-order valence-corrected chi connectivity index (χ2v) is 7.96. The first-order chi connectivity index (χ1) is 15.4. The number of ether oxygens (including phenoxy) is 6. The third-order valence-corrected chi connectivity index (χ3v) is 6.08. The summed E-state index contributed by atoms with van der Waals surface area (Å²) in [5.41, 5.74) is 1.54. The lowest BCUT2D eigenvalue weighted by atomic mass is 9.85. The minimum atomic E-state index is -0.691. The zero-order valence-corrected chi connectivity index (χ0v) is 19.4. The summed E-state index contributed by atoms with van der Waals surface area (Å²) in [7, 11) is 6.00. The van der Waals surface area contributed by atoms with E-state index in [-0.39, 0.29) is 5.92 Å². The number of rotatable bonds is 7. The van der Waals surface area contributed by atoms with Gasteiger partial charge in [-0.25, -0.2) is 4.79 Å². The zero-order chi connectivity index (χ0) is 23.3. The van der Waals surface area contributed by atoms with Gasteiger partial charge in [0, 0.05) is 35.8 Å². The lowest BCUT2D eigenvalue weighted by Gasteiger charge is -2.39. The van der Waals surface area contributed by atoms with Crippen LogP contribution in [0, 0.1) is 0 Å². The van der Waals surface area contributed by atoms with Crippen molar-refractivity contribution in [1.29, 1.82) is 0 Å². The molecule has 0 aliphatic carbocycles. The van der Waals surface area contributed by atoms with Crippen LogP contribution in [-0.2, 0) is 14.3 Å². The molecule has 172 valence electrons. The molecule has 2 aromatic rings. The van der Waals surface area contributed by atoms with E-state index < -0.39 is 23.5 Å². The number of hydrogen-bond donors (Lipinski definition) is 0. The molecule has 0 saturated heterocycles. The maximum atomic E-state index is 12.0. The minimum absolute atomic E-state index is 0.330. The maximum absolute atomic E-state index is 12.0. The largest absolute Gasteiger partial charge is 0.497 e. The summed E-state index contributed by atoms with van der Waals surface area (Å²) in [6, 6.07) is 10.8. The van der Waals surface area contributed by atoms with Gasteiger partial charge in [0.1, 0.15) is 11.5 Å². The molecule has 3 rings (SSSR count). The molecule has 0 radical (unpaired) electrons. The number of carbonyl (C=O) groups is 2. The van der Waals surface area contributed by atoms with Crippen LogP contribution in [0.3, 0.4) is 0 Å². The van der Waals surface area contributed by atoms with Gasteiger partial charge < -0.3 is 28.4 Å². The number of esters is 1. The molecule has 8 nitrogen and oxygen atoms in total. The number of thioether (sulfide) groups is 1. The number of carbonyl (C=O) groups excluding carboxylic acids is 2. The Kier molecular flexibility index (Phi) is 7.74. The molecule has 0 saturated carbocycles. The van der Waals surface area contributed by atoms with Crippen molar-refractivity contribution in [2.24, 2.45) is 0 Å². The predicted molar refractivity (Wildman–Crippen MR) is 119 cm³/mol. The molecule has 1 heterocycles. The Hall–Kier alpha value is -3.07.